The number of hydrogen-bond acceptors (Lipinski definition) is 2. The van der Waals surface area contributed by atoms with Gasteiger partial charge < -0.3 is 10.6 Å². The molecule has 3 heteroatoms. The molecule has 1 heterocycles. The van der Waals surface area contributed by atoms with Gasteiger partial charge in [-0.25, -0.2) is 0 Å². The Morgan fingerprint density at radius 1 is 1.19 bits per heavy atom. The first kappa shape index (κ1) is 13.8. The quantitative estimate of drug-likeness (QED) is 0.939. The monoisotopic (exact) mass is 280 g/mol. The highest BCUT2D eigenvalue weighted by Crippen LogP contribution is 2.38. The van der Waals surface area contributed by atoms with E-state index in [1.54, 1.807) is 0 Å². The molecule has 1 amide bonds. The van der Waals surface area contributed by atoms with E-state index in [0.717, 1.165) is 29.8 Å². The molecule has 3 nitrogen and oxygen atoms in total. The Morgan fingerprint density at radius 2 is 1.90 bits per heavy atom. The number of benzene rings is 2. The molecule has 0 aromatic heterocycles. The van der Waals surface area contributed by atoms with Gasteiger partial charge in [-0.1, -0.05) is 36.4 Å². The van der Waals surface area contributed by atoms with Crippen molar-refractivity contribution in [1.29, 1.82) is 0 Å². The highest BCUT2D eigenvalue weighted by Gasteiger charge is 2.32. The van der Waals surface area contributed by atoms with Gasteiger partial charge >= 0.3 is 0 Å². The number of carbonyl (C=O) groups is 1. The van der Waals surface area contributed by atoms with Crippen molar-refractivity contribution in [2.45, 2.75) is 19.3 Å². The van der Waals surface area contributed by atoms with E-state index < -0.39 is 0 Å². The number of fused-ring (bicyclic) bond motifs is 1. The molecule has 0 fully saturated rings. The first-order valence-corrected chi connectivity index (χ1v) is 7.39. The molecule has 1 aliphatic rings. The van der Waals surface area contributed by atoms with Gasteiger partial charge in [0.1, 0.15) is 0 Å². The van der Waals surface area contributed by atoms with E-state index in [1.807, 2.05) is 54.3 Å². The molecule has 0 radical (unpaired) electrons. The molecule has 1 atom stereocenters. The first-order chi connectivity index (χ1) is 10.2. The summed E-state index contributed by atoms with van der Waals surface area (Å²) < 4.78 is 0. The highest BCUT2D eigenvalue weighted by atomic mass is 16.2. The van der Waals surface area contributed by atoms with Gasteiger partial charge in [0.2, 0.25) is 0 Å². The zero-order valence-electron chi connectivity index (χ0n) is 12.3. The fourth-order valence-electron chi connectivity index (χ4n) is 3.09. The van der Waals surface area contributed by atoms with Crippen LogP contribution in [0.4, 0.5) is 5.69 Å². The molecule has 1 unspecified atom stereocenters. The number of carbonyl (C=O) groups excluding carboxylic acids is 1. The molecule has 21 heavy (non-hydrogen) atoms. The van der Waals surface area contributed by atoms with Gasteiger partial charge in [0.15, 0.2) is 0 Å². The van der Waals surface area contributed by atoms with E-state index in [2.05, 4.69) is 6.07 Å². The number of hydrogen-bond donors (Lipinski definition) is 1. The summed E-state index contributed by atoms with van der Waals surface area (Å²) in [7, 11) is 0. The third kappa shape index (κ3) is 2.45. The van der Waals surface area contributed by atoms with Crippen LogP contribution in [0, 0.1) is 6.92 Å². The number of para-hydroxylation sites is 1. The van der Waals surface area contributed by atoms with E-state index in [9.17, 15) is 4.79 Å². The van der Waals surface area contributed by atoms with Gasteiger partial charge in [-0.2, -0.15) is 0 Å². The lowest BCUT2D eigenvalue weighted by atomic mass is 9.98. The molecule has 1 aliphatic heterocycles. The topological polar surface area (TPSA) is 46.3 Å². The molecular formula is C18H20N2O. The predicted octanol–water partition coefficient (Wildman–Crippen LogP) is 3.09. The third-order valence-corrected chi connectivity index (χ3v) is 4.21. The zero-order valence-corrected chi connectivity index (χ0v) is 12.3. The van der Waals surface area contributed by atoms with Crippen molar-refractivity contribution < 1.29 is 4.79 Å². The van der Waals surface area contributed by atoms with Gasteiger partial charge in [-0.05, 0) is 43.1 Å². The zero-order chi connectivity index (χ0) is 14.8. The van der Waals surface area contributed by atoms with Crippen LogP contribution in [-0.4, -0.2) is 19.0 Å². The number of amides is 1. The van der Waals surface area contributed by atoms with E-state index in [1.165, 1.54) is 5.56 Å². The second-order valence-corrected chi connectivity index (χ2v) is 5.56. The van der Waals surface area contributed by atoms with Gasteiger partial charge in [-0.15, -0.1) is 0 Å². The second kappa shape index (κ2) is 5.70. The standard InChI is InChI=1S/C18H20N2O/c1-13-6-2-3-7-15(13)18(21)20-12-14(10-11-19)16-8-4-5-9-17(16)20/h2-9,14H,10-12,19H2,1H3. The minimum atomic E-state index is 0.0834. The van der Waals surface area contributed by atoms with Crippen LogP contribution in [-0.2, 0) is 0 Å². The summed E-state index contributed by atoms with van der Waals surface area (Å²) >= 11 is 0. The number of rotatable bonds is 3. The van der Waals surface area contributed by atoms with Crippen LogP contribution in [0.25, 0.3) is 0 Å². The number of anilines is 1. The Kier molecular flexibility index (Phi) is 3.76. The van der Waals surface area contributed by atoms with Gasteiger partial charge in [0.25, 0.3) is 5.91 Å². The average Bonchev–Trinajstić information content (AvgIpc) is 2.87. The summed E-state index contributed by atoms with van der Waals surface area (Å²) in [4.78, 5) is 14.8. The van der Waals surface area contributed by atoms with Crippen LogP contribution in [0.15, 0.2) is 48.5 Å². The lowest BCUT2D eigenvalue weighted by Gasteiger charge is -2.19. The van der Waals surface area contributed by atoms with Crippen LogP contribution < -0.4 is 10.6 Å². The van der Waals surface area contributed by atoms with Crippen molar-refractivity contribution in [2.75, 3.05) is 18.0 Å². The maximum Gasteiger partial charge on any atom is 0.258 e. The lowest BCUT2D eigenvalue weighted by Crippen LogP contribution is -2.30. The fourth-order valence-corrected chi connectivity index (χ4v) is 3.09. The van der Waals surface area contributed by atoms with Crippen LogP contribution >= 0.6 is 0 Å². The second-order valence-electron chi connectivity index (χ2n) is 5.56. The van der Waals surface area contributed by atoms with E-state index in [4.69, 9.17) is 5.73 Å². The molecule has 2 aromatic carbocycles. The van der Waals surface area contributed by atoms with Crippen molar-refractivity contribution in [3.63, 3.8) is 0 Å². The average molecular weight is 280 g/mol. The summed E-state index contributed by atoms with van der Waals surface area (Å²) in [6.45, 7) is 3.35. The van der Waals surface area contributed by atoms with E-state index in [0.29, 0.717) is 12.5 Å². The Labute approximate surface area is 125 Å². The molecular weight excluding hydrogens is 260 g/mol. The maximum absolute atomic E-state index is 12.9. The Hall–Kier alpha value is -2.13. The van der Waals surface area contributed by atoms with Crippen molar-refractivity contribution in [3.05, 3.63) is 65.2 Å². The minimum absolute atomic E-state index is 0.0834. The van der Waals surface area contributed by atoms with Crippen LogP contribution in [0.3, 0.4) is 0 Å². The molecule has 0 saturated carbocycles. The van der Waals surface area contributed by atoms with Crippen molar-refractivity contribution in [3.8, 4) is 0 Å². The minimum Gasteiger partial charge on any atom is -0.330 e. The predicted molar refractivity (Wildman–Crippen MR) is 85.7 cm³/mol. The Morgan fingerprint density at radius 3 is 2.67 bits per heavy atom. The van der Waals surface area contributed by atoms with E-state index in [-0.39, 0.29) is 5.91 Å². The molecule has 0 bridgehead atoms. The maximum atomic E-state index is 12.9. The third-order valence-electron chi connectivity index (χ3n) is 4.21. The summed E-state index contributed by atoms with van der Waals surface area (Å²) in [6.07, 6.45) is 0.911. The normalized spacial score (nSPS) is 16.9. The smallest absolute Gasteiger partial charge is 0.258 e. The summed E-state index contributed by atoms with van der Waals surface area (Å²) in [5.41, 5.74) is 9.79. The summed E-state index contributed by atoms with van der Waals surface area (Å²) in [5.74, 6) is 0.430. The van der Waals surface area contributed by atoms with Gasteiger partial charge in [0, 0.05) is 23.7 Å². The Balaban J connectivity index is 1.97. The molecule has 108 valence electrons. The molecule has 3 rings (SSSR count). The molecule has 2 N–H and O–H groups in total. The molecule has 2 aromatic rings. The summed E-state index contributed by atoms with van der Waals surface area (Å²) in [5, 5.41) is 0. The lowest BCUT2D eigenvalue weighted by molar-refractivity contribution is 0.0987. The number of nitrogens with two attached hydrogens (primary N) is 1. The van der Waals surface area contributed by atoms with Crippen molar-refractivity contribution in [1.82, 2.24) is 0 Å². The van der Waals surface area contributed by atoms with Crippen LogP contribution in [0.1, 0.15) is 33.8 Å². The molecule has 0 spiro atoms. The SMILES string of the molecule is Cc1ccccc1C(=O)N1CC(CCN)c2ccccc21. The van der Waals surface area contributed by atoms with Crippen LogP contribution in [0.2, 0.25) is 0 Å². The fraction of sp³-hybridized carbons (Fsp3) is 0.278. The molecule has 0 saturated heterocycles. The van der Waals surface area contributed by atoms with Crippen molar-refractivity contribution in [2.24, 2.45) is 5.73 Å². The van der Waals surface area contributed by atoms with Gasteiger partial charge in [0.05, 0.1) is 0 Å². The largest absolute Gasteiger partial charge is 0.330 e. The van der Waals surface area contributed by atoms with E-state index >= 15 is 0 Å². The number of nitrogens with zero attached hydrogens (tertiary/aromatic N) is 1. The van der Waals surface area contributed by atoms with Crippen LogP contribution in [0.5, 0.6) is 0 Å². The molecule has 0 aliphatic carbocycles. The van der Waals surface area contributed by atoms with Crippen molar-refractivity contribution >= 4 is 11.6 Å². The highest BCUT2D eigenvalue weighted by molar-refractivity contribution is 6.08. The summed E-state index contributed by atoms with van der Waals surface area (Å²) in [6, 6.07) is 15.9. The Bertz CT molecular complexity index is 666. The first-order valence-electron chi connectivity index (χ1n) is 7.39. The van der Waals surface area contributed by atoms with Gasteiger partial charge in [-0.3, -0.25) is 4.79 Å². The number of aryl methyl sites for hydroxylation is 1.